The van der Waals surface area contributed by atoms with E-state index in [-0.39, 0.29) is 5.78 Å². The number of piperidine rings is 1. The van der Waals surface area contributed by atoms with E-state index in [0.717, 1.165) is 31.6 Å². The van der Waals surface area contributed by atoms with E-state index in [4.69, 9.17) is 11.6 Å². The molecule has 1 saturated heterocycles. The summed E-state index contributed by atoms with van der Waals surface area (Å²) in [6.07, 6.45) is 2.16. The Morgan fingerprint density at radius 3 is 2.52 bits per heavy atom. The number of nitrogens with zero attached hydrogens (tertiary/aromatic N) is 1. The summed E-state index contributed by atoms with van der Waals surface area (Å²) >= 11 is 6.12. The molecule has 3 nitrogen and oxygen atoms in total. The molecule has 1 aliphatic rings. The molecule has 2 aromatic carbocycles. The van der Waals surface area contributed by atoms with Crippen LogP contribution in [0.4, 0.5) is 5.69 Å². The van der Waals surface area contributed by atoms with E-state index >= 15 is 0 Å². The van der Waals surface area contributed by atoms with Crippen molar-refractivity contribution in [2.45, 2.75) is 18.9 Å². The van der Waals surface area contributed by atoms with Crippen LogP contribution in [0.3, 0.4) is 0 Å². The number of carbonyl (C=O) groups is 1. The zero-order chi connectivity index (χ0) is 16.2. The van der Waals surface area contributed by atoms with E-state index in [2.05, 4.69) is 17.3 Å². The zero-order valence-corrected chi connectivity index (χ0v) is 14.0. The number of rotatable bonds is 4. The van der Waals surface area contributed by atoms with Gasteiger partial charge in [0.2, 0.25) is 0 Å². The van der Waals surface area contributed by atoms with Crippen LogP contribution in [0.5, 0.6) is 0 Å². The summed E-state index contributed by atoms with van der Waals surface area (Å²) in [5.41, 5.74) is 2.20. The molecular formula is C19H21ClN2O. The van der Waals surface area contributed by atoms with Gasteiger partial charge in [-0.05, 0) is 51.2 Å². The molecule has 0 aliphatic carbocycles. The molecule has 1 N–H and O–H groups in total. The monoisotopic (exact) mass is 328 g/mol. The minimum atomic E-state index is 0.00327. The summed E-state index contributed by atoms with van der Waals surface area (Å²) < 4.78 is 0. The Morgan fingerprint density at radius 2 is 1.83 bits per heavy atom. The first-order valence-corrected chi connectivity index (χ1v) is 8.35. The molecule has 0 bridgehead atoms. The molecule has 1 fully saturated rings. The smallest absolute Gasteiger partial charge is 0.195 e. The maximum Gasteiger partial charge on any atom is 0.195 e. The van der Waals surface area contributed by atoms with Crippen molar-refractivity contribution in [3.8, 4) is 0 Å². The fourth-order valence-corrected chi connectivity index (χ4v) is 3.12. The summed E-state index contributed by atoms with van der Waals surface area (Å²) in [6.45, 7) is 2.15. The Labute approximate surface area is 142 Å². The molecule has 23 heavy (non-hydrogen) atoms. The van der Waals surface area contributed by atoms with E-state index in [1.54, 1.807) is 6.07 Å². The first-order chi connectivity index (χ1) is 11.1. The van der Waals surface area contributed by atoms with Crippen LogP contribution in [0.15, 0.2) is 48.5 Å². The van der Waals surface area contributed by atoms with E-state index in [0.29, 0.717) is 22.2 Å². The lowest BCUT2D eigenvalue weighted by Gasteiger charge is -2.30. The number of benzene rings is 2. The quantitative estimate of drug-likeness (QED) is 0.858. The lowest BCUT2D eigenvalue weighted by molar-refractivity contribution is 0.103. The van der Waals surface area contributed by atoms with Gasteiger partial charge in [0, 0.05) is 27.9 Å². The minimum Gasteiger partial charge on any atom is -0.382 e. The molecule has 120 valence electrons. The number of carbonyl (C=O) groups excluding carboxylic acids is 1. The number of hydrogen-bond donors (Lipinski definition) is 1. The van der Waals surface area contributed by atoms with Gasteiger partial charge < -0.3 is 10.2 Å². The van der Waals surface area contributed by atoms with Gasteiger partial charge in [-0.15, -0.1) is 0 Å². The van der Waals surface area contributed by atoms with Crippen molar-refractivity contribution in [1.82, 2.24) is 4.90 Å². The maximum atomic E-state index is 12.8. The van der Waals surface area contributed by atoms with Gasteiger partial charge >= 0.3 is 0 Å². The number of likely N-dealkylation sites (tertiary alicyclic amines) is 1. The van der Waals surface area contributed by atoms with Gasteiger partial charge in [0.15, 0.2) is 5.78 Å². The molecule has 0 saturated carbocycles. The van der Waals surface area contributed by atoms with Crippen LogP contribution in [0.2, 0.25) is 5.02 Å². The van der Waals surface area contributed by atoms with Crippen molar-refractivity contribution in [2.75, 3.05) is 25.5 Å². The van der Waals surface area contributed by atoms with Crippen molar-refractivity contribution in [3.63, 3.8) is 0 Å². The highest BCUT2D eigenvalue weighted by atomic mass is 35.5. The van der Waals surface area contributed by atoms with Crippen LogP contribution in [0, 0.1) is 0 Å². The third kappa shape index (κ3) is 3.92. The Morgan fingerprint density at radius 1 is 1.13 bits per heavy atom. The van der Waals surface area contributed by atoms with Gasteiger partial charge in [0.05, 0.1) is 0 Å². The van der Waals surface area contributed by atoms with Crippen molar-refractivity contribution in [3.05, 3.63) is 64.7 Å². The lowest BCUT2D eigenvalue weighted by Crippen LogP contribution is -2.37. The highest BCUT2D eigenvalue weighted by Gasteiger charge is 2.20. The predicted molar refractivity (Wildman–Crippen MR) is 95.5 cm³/mol. The Bertz CT molecular complexity index is 679. The van der Waals surface area contributed by atoms with Crippen molar-refractivity contribution < 1.29 is 4.79 Å². The van der Waals surface area contributed by atoms with Crippen LogP contribution in [0.1, 0.15) is 28.8 Å². The minimum absolute atomic E-state index is 0.00327. The summed E-state index contributed by atoms with van der Waals surface area (Å²) in [4.78, 5) is 15.1. The van der Waals surface area contributed by atoms with Gasteiger partial charge in [0.25, 0.3) is 0 Å². The van der Waals surface area contributed by atoms with Gasteiger partial charge in [-0.2, -0.15) is 0 Å². The molecule has 1 aliphatic heterocycles. The van der Waals surface area contributed by atoms with Gasteiger partial charge in [-0.3, -0.25) is 4.79 Å². The lowest BCUT2D eigenvalue weighted by atomic mass is 9.99. The molecule has 0 atom stereocenters. The van der Waals surface area contributed by atoms with Crippen LogP contribution in [0.25, 0.3) is 0 Å². The van der Waals surface area contributed by atoms with Crippen molar-refractivity contribution >= 4 is 23.1 Å². The van der Waals surface area contributed by atoms with Crippen LogP contribution in [-0.4, -0.2) is 36.9 Å². The molecule has 0 aromatic heterocycles. The number of halogens is 1. The molecule has 3 rings (SSSR count). The molecular weight excluding hydrogens is 308 g/mol. The maximum absolute atomic E-state index is 12.8. The highest BCUT2D eigenvalue weighted by Crippen LogP contribution is 2.26. The molecule has 0 unspecified atom stereocenters. The summed E-state index contributed by atoms with van der Waals surface area (Å²) in [7, 11) is 2.14. The molecule has 1 heterocycles. The highest BCUT2D eigenvalue weighted by molar-refractivity contribution is 6.31. The Hall–Kier alpha value is -1.84. The third-order valence-electron chi connectivity index (χ3n) is 4.34. The van der Waals surface area contributed by atoms with Crippen LogP contribution < -0.4 is 5.32 Å². The van der Waals surface area contributed by atoms with E-state index in [9.17, 15) is 4.79 Å². The molecule has 0 spiro atoms. The summed E-state index contributed by atoms with van der Waals surface area (Å²) in [5.74, 6) is 0.00327. The second-order valence-electron chi connectivity index (χ2n) is 6.11. The summed E-state index contributed by atoms with van der Waals surface area (Å²) in [6, 6.07) is 15.2. The SMILES string of the molecule is CN1CCC(Nc2ccc(Cl)cc2C(=O)c2ccccc2)CC1. The van der Waals surface area contributed by atoms with E-state index in [1.165, 1.54) is 0 Å². The molecule has 0 amide bonds. The van der Waals surface area contributed by atoms with Gasteiger partial charge in [-0.25, -0.2) is 0 Å². The van der Waals surface area contributed by atoms with Gasteiger partial charge in [-0.1, -0.05) is 41.9 Å². The average Bonchev–Trinajstić information content (AvgIpc) is 2.58. The Kier molecular flexibility index (Phi) is 4.99. The number of nitrogens with one attached hydrogen (secondary N) is 1. The predicted octanol–water partition coefficient (Wildman–Crippen LogP) is 4.08. The number of ketones is 1. The van der Waals surface area contributed by atoms with E-state index in [1.807, 2.05) is 42.5 Å². The van der Waals surface area contributed by atoms with Crippen molar-refractivity contribution in [2.24, 2.45) is 0 Å². The first kappa shape index (κ1) is 16.0. The Balaban J connectivity index is 1.85. The topological polar surface area (TPSA) is 32.3 Å². The fourth-order valence-electron chi connectivity index (χ4n) is 2.95. The zero-order valence-electron chi connectivity index (χ0n) is 13.3. The normalized spacial score (nSPS) is 16.3. The molecule has 4 heteroatoms. The second-order valence-corrected chi connectivity index (χ2v) is 6.54. The first-order valence-electron chi connectivity index (χ1n) is 7.98. The average molecular weight is 329 g/mol. The largest absolute Gasteiger partial charge is 0.382 e. The second kappa shape index (κ2) is 7.16. The standard InChI is InChI=1S/C19H21ClN2O/c1-22-11-9-16(10-12-22)21-18-8-7-15(20)13-17(18)19(23)14-5-3-2-4-6-14/h2-8,13,16,21H,9-12H2,1H3. The van der Waals surface area contributed by atoms with Gasteiger partial charge in [0.1, 0.15) is 0 Å². The van der Waals surface area contributed by atoms with Crippen LogP contribution >= 0.6 is 11.6 Å². The summed E-state index contributed by atoms with van der Waals surface area (Å²) in [5, 5.41) is 4.12. The molecule has 0 radical (unpaired) electrons. The number of hydrogen-bond acceptors (Lipinski definition) is 3. The molecule has 2 aromatic rings. The number of anilines is 1. The third-order valence-corrected chi connectivity index (χ3v) is 4.58. The van der Waals surface area contributed by atoms with Crippen molar-refractivity contribution in [1.29, 1.82) is 0 Å². The fraction of sp³-hybridized carbons (Fsp3) is 0.316. The van der Waals surface area contributed by atoms with E-state index < -0.39 is 0 Å². The van der Waals surface area contributed by atoms with Crippen LogP contribution in [-0.2, 0) is 0 Å².